The zero-order chi connectivity index (χ0) is 39.9. The summed E-state index contributed by atoms with van der Waals surface area (Å²) in [6.45, 7) is 15.4. The fraction of sp³-hybridized carbons (Fsp3) is 0.952. The molecule has 0 aromatic heterocycles. The molecular weight excluding hydrogens is 712 g/mol. The summed E-state index contributed by atoms with van der Waals surface area (Å²) in [6.07, 6.45) is -3.39. The van der Waals surface area contributed by atoms with Gasteiger partial charge >= 0.3 is 0 Å². The smallest absolute Gasteiger partial charge is 0.187 e. The predicted octanol–water partition coefficient (Wildman–Crippen LogP) is 1.78. The first-order chi connectivity index (χ1) is 25.7. The molecule has 0 aromatic rings. The summed E-state index contributed by atoms with van der Waals surface area (Å²) in [5, 5.41) is 87.0. The molecule has 13 heteroatoms. The van der Waals surface area contributed by atoms with E-state index in [4.69, 9.17) is 23.7 Å². The van der Waals surface area contributed by atoms with E-state index in [1.165, 1.54) is 0 Å². The maximum atomic E-state index is 12.1. The van der Waals surface area contributed by atoms with E-state index >= 15 is 0 Å². The third-order valence-electron chi connectivity index (χ3n) is 17.9. The Balaban J connectivity index is 1.05. The zero-order valence-electron chi connectivity index (χ0n) is 33.7. The van der Waals surface area contributed by atoms with Crippen LogP contribution in [0.3, 0.4) is 0 Å². The van der Waals surface area contributed by atoms with Crippen molar-refractivity contribution in [3.8, 4) is 0 Å². The molecule has 0 aromatic carbocycles. The van der Waals surface area contributed by atoms with Crippen molar-refractivity contribution < 1.29 is 64.5 Å². The molecule has 7 fully saturated rings. The Morgan fingerprint density at radius 3 is 2.13 bits per heavy atom. The molecule has 8 aliphatic rings. The van der Waals surface area contributed by atoms with Crippen LogP contribution in [0.4, 0.5) is 0 Å². The van der Waals surface area contributed by atoms with E-state index in [-0.39, 0.29) is 51.4 Å². The topological polar surface area (TPSA) is 208 Å². The summed E-state index contributed by atoms with van der Waals surface area (Å²) in [6, 6.07) is 0. The van der Waals surface area contributed by atoms with E-state index in [2.05, 4.69) is 53.7 Å². The second-order valence-electron chi connectivity index (χ2n) is 21.0. The second kappa shape index (κ2) is 13.4. The number of aliphatic hydroxyl groups is 8. The molecule has 8 rings (SSSR count). The summed E-state index contributed by atoms with van der Waals surface area (Å²) in [5.74, 6) is 0.449. The molecule has 8 N–H and O–H groups in total. The number of hydrogen-bond acceptors (Lipinski definition) is 13. The summed E-state index contributed by atoms with van der Waals surface area (Å²) >= 11 is 0. The predicted molar refractivity (Wildman–Crippen MR) is 197 cm³/mol. The van der Waals surface area contributed by atoms with Crippen molar-refractivity contribution in [1.29, 1.82) is 0 Å². The lowest BCUT2D eigenvalue weighted by Gasteiger charge is -2.73. The van der Waals surface area contributed by atoms with E-state index in [1.807, 2.05) is 0 Å². The van der Waals surface area contributed by atoms with Crippen molar-refractivity contribution in [2.75, 3.05) is 19.8 Å². The van der Waals surface area contributed by atoms with Crippen LogP contribution in [0.25, 0.3) is 0 Å². The molecule has 2 bridgehead atoms. The average Bonchev–Trinajstić information content (AvgIpc) is 3.41. The first kappa shape index (κ1) is 41.0. The number of rotatable bonds is 6. The van der Waals surface area contributed by atoms with Gasteiger partial charge in [-0.3, -0.25) is 0 Å². The summed E-state index contributed by atoms with van der Waals surface area (Å²) in [4.78, 5) is 0. The maximum Gasteiger partial charge on any atom is 0.187 e. The molecule has 0 radical (unpaired) electrons. The van der Waals surface area contributed by atoms with Gasteiger partial charge in [0, 0.05) is 22.2 Å². The van der Waals surface area contributed by atoms with Crippen LogP contribution in [0.2, 0.25) is 0 Å². The van der Waals surface area contributed by atoms with E-state index in [0.29, 0.717) is 19.4 Å². The van der Waals surface area contributed by atoms with Crippen molar-refractivity contribution >= 4 is 0 Å². The van der Waals surface area contributed by atoms with Gasteiger partial charge in [-0.25, -0.2) is 0 Å². The van der Waals surface area contributed by atoms with Crippen molar-refractivity contribution in [2.45, 2.75) is 179 Å². The standard InChI is InChI=1S/C42H68O13/c1-21-28(46)33(55-34-31(49)30(48)29(47)22(18-43)53-34)32(50)35(52-21)54-27-10-11-37(4)23(38(27,5)19-44)8-12-39(6)24(37)9-13-42-25-16-36(2,3)14-15-41(25,20-51-42)26(45)17-40(39,42)7/h9,13,21-35,43-50H,8,10-12,14-20H2,1-7H3/t21-,22-,23-,24-,25?,26+,27+,28+,29-,30+,31-,32-,33+,34+,35+,37+,38+,39-,40+,41-,42+/m1/s1. The monoisotopic (exact) mass is 780 g/mol. The molecule has 1 unspecified atom stereocenters. The maximum absolute atomic E-state index is 12.1. The first-order valence-corrected chi connectivity index (χ1v) is 20.9. The fourth-order valence-corrected chi connectivity index (χ4v) is 14.3. The highest BCUT2D eigenvalue weighted by Gasteiger charge is 2.79. The van der Waals surface area contributed by atoms with Crippen LogP contribution in [0.15, 0.2) is 12.2 Å². The van der Waals surface area contributed by atoms with Gasteiger partial charge in [0.2, 0.25) is 0 Å². The highest BCUT2D eigenvalue weighted by Crippen LogP contribution is 2.79. The molecule has 3 saturated heterocycles. The van der Waals surface area contributed by atoms with Crippen LogP contribution in [0, 0.1) is 50.2 Å². The minimum Gasteiger partial charge on any atom is -0.396 e. The number of ether oxygens (including phenoxy) is 5. The van der Waals surface area contributed by atoms with Gasteiger partial charge in [0.05, 0.1) is 43.7 Å². The fourth-order valence-electron chi connectivity index (χ4n) is 14.3. The van der Waals surface area contributed by atoms with Crippen molar-refractivity contribution in [2.24, 2.45) is 50.2 Å². The third-order valence-corrected chi connectivity index (χ3v) is 17.9. The molecule has 55 heavy (non-hydrogen) atoms. The minimum atomic E-state index is -1.72. The molecule has 5 aliphatic carbocycles. The third kappa shape index (κ3) is 5.44. The Kier molecular flexibility index (Phi) is 9.95. The Hall–Kier alpha value is -0.780. The summed E-state index contributed by atoms with van der Waals surface area (Å²) in [5.41, 5.74) is -1.90. The SMILES string of the molecule is C[C@H]1O[C@@H](O[C@H]2CC[C@@]3(C)[C@@H](CC[C@]4(C)[C@@H]3C=C[C@]35OC[C@@]6(CCC(C)(C)CC63)[C@@H](O)C[C@]54C)[C@]2(C)CO)[C@H](O)[C@@H](O[C@@H]2O[C@H](CO)[C@@H](O)[C@H](O)[C@H]2O)[C@H]1O. The first-order valence-electron chi connectivity index (χ1n) is 20.9. The molecule has 314 valence electrons. The van der Waals surface area contributed by atoms with Crippen LogP contribution in [-0.4, -0.2) is 140 Å². The van der Waals surface area contributed by atoms with Gasteiger partial charge in [-0.1, -0.05) is 53.7 Å². The molecule has 3 heterocycles. The lowest BCUT2D eigenvalue weighted by atomic mass is 9.32. The average molecular weight is 781 g/mol. The molecule has 4 saturated carbocycles. The van der Waals surface area contributed by atoms with Crippen LogP contribution in [0.5, 0.6) is 0 Å². The van der Waals surface area contributed by atoms with Crippen molar-refractivity contribution in [1.82, 2.24) is 0 Å². The Morgan fingerprint density at radius 1 is 0.727 bits per heavy atom. The van der Waals surface area contributed by atoms with Gasteiger partial charge in [-0.2, -0.15) is 0 Å². The lowest BCUT2D eigenvalue weighted by molar-refractivity contribution is -0.367. The minimum absolute atomic E-state index is 0.0414. The van der Waals surface area contributed by atoms with Gasteiger partial charge in [-0.05, 0) is 86.4 Å². The molecular formula is C42H68O13. The van der Waals surface area contributed by atoms with Gasteiger partial charge in [0.25, 0.3) is 0 Å². The quantitative estimate of drug-likeness (QED) is 0.143. The van der Waals surface area contributed by atoms with Crippen molar-refractivity contribution in [3.63, 3.8) is 0 Å². The number of aliphatic hydroxyl groups excluding tert-OH is 8. The molecule has 3 aliphatic heterocycles. The highest BCUT2D eigenvalue weighted by atomic mass is 16.7. The second-order valence-corrected chi connectivity index (χ2v) is 21.0. The molecule has 13 nitrogen and oxygen atoms in total. The number of allylic oxidation sites excluding steroid dienone is 1. The van der Waals surface area contributed by atoms with Gasteiger partial charge in [-0.15, -0.1) is 0 Å². The normalized spacial score (nSPS) is 59.7. The molecule has 21 atom stereocenters. The van der Waals surface area contributed by atoms with Gasteiger partial charge < -0.3 is 64.5 Å². The van der Waals surface area contributed by atoms with Gasteiger partial charge in [0.15, 0.2) is 12.6 Å². The van der Waals surface area contributed by atoms with E-state index in [1.54, 1.807) is 6.92 Å². The molecule has 1 spiro atoms. The molecule has 0 amide bonds. The zero-order valence-corrected chi connectivity index (χ0v) is 33.7. The van der Waals surface area contributed by atoms with E-state index in [0.717, 1.165) is 38.5 Å². The number of fused-ring (bicyclic) bond motifs is 4. The Morgan fingerprint density at radius 2 is 1.44 bits per heavy atom. The van der Waals surface area contributed by atoms with Crippen LogP contribution >= 0.6 is 0 Å². The van der Waals surface area contributed by atoms with Crippen LogP contribution in [-0.2, 0) is 23.7 Å². The van der Waals surface area contributed by atoms with Crippen LogP contribution in [0.1, 0.15) is 99.8 Å². The van der Waals surface area contributed by atoms with Crippen molar-refractivity contribution in [3.05, 3.63) is 12.2 Å². The lowest BCUT2D eigenvalue weighted by Crippen LogP contribution is -2.72. The Labute approximate surface area is 325 Å². The number of hydrogen-bond donors (Lipinski definition) is 8. The summed E-state index contributed by atoms with van der Waals surface area (Å²) in [7, 11) is 0. The van der Waals surface area contributed by atoms with Crippen LogP contribution < -0.4 is 0 Å². The highest BCUT2D eigenvalue weighted by molar-refractivity contribution is 5.36. The largest absolute Gasteiger partial charge is 0.396 e. The van der Waals surface area contributed by atoms with Gasteiger partial charge in [0.1, 0.15) is 42.7 Å². The Bertz CT molecular complexity index is 1490. The van der Waals surface area contributed by atoms with E-state index in [9.17, 15) is 40.9 Å². The summed E-state index contributed by atoms with van der Waals surface area (Å²) < 4.78 is 31.2. The van der Waals surface area contributed by atoms with E-state index < -0.39 is 91.2 Å².